The predicted octanol–water partition coefficient (Wildman–Crippen LogP) is 3.61. The quantitative estimate of drug-likeness (QED) is 0.752. The number of thiazole rings is 1. The van der Waals surface area contributed by atoms with E-state index in [-0.39, 0.29) is 11.2 Å². The first-order valence-electron chi connectivity index (χ1n) is 7.70. The number of nitrogens with one attached hydrogen (secondary N) is 1. The number of hydrogen-bond donors (Lipinski definition) is 1. The van der Waals surface area contributed by atoms with Crippen molar-refractivity contribution < 1.29 is 9.84 Å². The standard InChI is InChI=1S/C17H18N2O3S2.H2/c1-3-12-5-7-13(8-6-12)19(4-2)24(21,22)14-9-10-15-16(11-14)23-17(20)18-15;/h5-11H,3-4H2,1-2H3,(H,18,20);1H. The van der Waals surface area contributed by atoms with Gasteiger partial charge in [-0.2, -0.15) is 0 Å². The highest BCUT2D eigenvalue weighted by Gasteiger charge is 2.24. The van der Waals surface area contributed by atoms with Gasteiger partial charge in [0.15, 0.2) is 0 Å². The zero-order chi connectivity index (χ0) is 17.3. The molecule has 1 heterocycles. The number of anilines is 1. The summed E-state index contributed by atoms with van der Waals surface area (Å²) < 4.78 is 28.0. The molecular formula is C17H20N2O3S2. The van der Waals surface area contributed by atoms with Crippen molar-refractivity contribution in [2.24, 2.45) is 0 Å². The van der Waals surface area contributed by atoms with E-state index >= 15 is 0 Å². The third kappa shape index (κ3) is 2.97. The van der Waals surface area contributed by atoms with Crippen molar-refractivity contribution in [3.05, 3.63) is 57.7 Å². The maximum Gasteiger partial charge on any atom is 0.305 e. The molecular weight excluding hydrogens is 344 g/mol. The molecule has 0 spiro atoms. The molecule has 0 aliphatic carbocycles. The molecule has 0 fully saturated rings. The molecule has 0 aliphatic heterocycles. The van der Waals surface area contributed by atoms with Gasteiger partial charge in [0.1, 0.15) is 0 Å². The predicted molar refractivity (Wildman–Crippen MR) is 101 cm³/mol. The number of hydrogen-bond acceptors (Lipinski definition) is 4. The van der Waals surface area contributed by atoms with Gasteiger partial charge in [0.05, 0.1) is 20.8 Å². The molecule has 2 aromatic carbocycles. The summed E-state index contributed by atoms with van der Waals surface area (Å²) >= 11 is 1.01. The molecule has 1 N–H and O–H groups in total. The molecule has 128 valence electrons. The maximum absolute atomic E-state index is 13.0. The number of sulfonamides is 1. The van der Waals surface area contributed by atoms with E-state index < -0.39 is 10.0 Å². The van der Waals surface area contributed by atoms with Crippen molar-refractivity contribution in [3.63, 3.8) is 0 Å². The average molecular weight is 364 g/mol. The Bertz CT molecular complexity index is 1020. The molecule has 0 radical (unpaired) electrons. The number of rotatable bonds is 5. The fraction of sp³-hybridized carbons (Fsp3) is 0.235. The Morgan fingerprint density at radius 1 is 1.12 bits per heavy atom. The average Bonchev–Trinajstić information content (AvgIpc) is 2.95. The molecule has 3 rings (SSSR count). The molecule has 0 atom stereocenters. The molecule has 7 heteroatoms. The minimum Gasteiger partial charge on any atom is -0.312 e. The number of fused-ring (bicyclic) bond motifs is 1. The van der Waals surface area contributed by atoms with Crippen molar-refractivity contribution in [3.8, 4) is 0 Å². The molecule has 5 nitrogen and oxygen atoms in total. The van der Waals surface area contributed by atoms with Crippen LogP contribution in [-0.2, 0) is 16.4 Å². The summed E-state index contributed by atoms with van der Waals surface area (Å²) in [6, 6.07) is 12.2. The van der Waals surface area contributed by atoms with Crippen LogP contribution in [0, 0.1) is 0 Å². The van der Waals surface area contributed by atoms with E-state index in [1.165, 1.54) is 10.4 Å². The van der Waals surface area contributed by atoms with Gasteiger partial charge in [0.2, 0.25) is 0 Å². The molecule has 3 aromatic rings. The highest BCUT2D eigenvalue weighted by atomic mass is 32.2. The van der Waals surface area contributed by atoms with Gasteiger partial charge in [0.25, 0.3) is 10.0 Å². The van der Waals surface area contributed by atoms with Crippen LogP contribution in [0.1, 0.15) is 20.8 Å². The summed E-state index contributed by atoms with van der Waals surface area (Å²) in [4.78, 5) is 14.1. The van der Waals surface area contributed by atoms with E-state index in [1.807, 2.05) is 24.3 Å². The van der Waals surface area contributed by atoms with Crippen LogP contribution in [0.25, 0.3) is 10.2 Å². The molecule has 0 bridgehead atoms. The molecule has 0 amide bonds. The summed E-state index contributed by atoms with van der Waals surface area (Å²) in [5.74, 6) is 0. The maximum atomic E-state index is 13.0. The summed E-state index contributed by atoms with van der Waals surface area (Å²) in [5, 5.41) is 0. The zero-order valence-electron chi connectivity index (χ0n) is 13.4. The van der Waals surface area contributed by atoms with Gasteiger partial charge < -0.3 is 4.98 Å². The molecule has 0 saturated carbocycles. The van der Waals surface area contributed by atoms with Crippen molar-refractivity contribution in [1.29, 1.82) is 0 Å². The molecule has 0 saturated heterocycles. The first-order chi connectivity index (χ1) is 11.5. The Kier molecular flexibility index (Phi) is 4.47. The SMILES string of the molecule is CCc1ccc(N(CC)S(=O)(=O)c2ccc3[nH]c(=O)sc3c2)cc1.[HH]. The first-order valence-corrected chi connectivity index (χ1v) is 9.96. The summed E-state index contributed by atoms with van der Waals surface area (Å²) in [6.45, 7) is 4.19. The van der Waals surface area contributed by atoms with Crippen LogP contribution in [0.15, 0.2) is 52.2 Å². The number of aromatic nitrogens is 1. The minimum atomic E-state index is -3.68. The van der Waals surface area contributed by atoms with Crippen molar-refractivity contribution >= 4 is 37.3 Å². The first kappa shape index (κ1) is 16.7. The lowest BCUT2D eigenvalue weighted by molar-refractivity contribution is 0.592. The van der Waals surface area contributed by atoms with Gasteiger partial charge in [-0.25, -0.2) is 8.42 Å². The van der Waals surface area contributed by atoms with Gasteiger partial charge in [-0.1, -0.05) is 30.4 Å². The highest BCUT2D eigenvalue weighted by molar-refractivity contribution is 7.92. The lowest BCUT2D eigenvalue weighted by Gasteiger charge is -2.23. The summed E-state index contributed by atoms with van der Waals surface area (Å²) in [5.41, 5.74) is 2.45. The second-order valence-corrected chi connectivity index (χ2v) is 8.24. The lowest BCUT2D eigenvalue weighted by Crippen LogP contribution is -2.30. The van der Waals surface area contributed by atoms with E-state index in [0.717, 1.165) is 23.3 Å². The summed E-state index contributed by atoms with van der Waals surface area (Å²) in [7, 11) is -3.68. The zero-order valence-corrected chi connectivity index (χ0v) is 15.1. The van der Waals surface area contributed by atoms with Gasteiger partial charge in [0, 0.05) is 7.97 Å². The van der Waals surface area contributed by atoms with Crippen LogP contribution in [0.3, 0.4) is 0 Å². The fourth-order valence-corrected chi connectivity index (χ4v) is 4.95. The molecule has 0 unspecified atom stereocenters. The Morgan fingerprint density at radius 3 is 2.46 bits per heavy atom. The molecule has 24 heavy (non-hydrogen) atoms. The van der Waals surface area contributed by atoms with Crippen LogP contribution >= 0.6 is 11.3 Å². The Labute approximate surface area is 146 Å². The number of H-pyrrole nitrogens is 1. The number of aromatic amines is 1. The molecule has 1 aromatic heterocycles. The van der Waals surface area contributed by atoms with E-state index in [4.69, 9.17) is 0 Å². The van der Waals surface area contributed by atoms with Crippen LogP contribution in [0.5, 0.6) is 0 Å². The lowest BCUT2D eigenvalue weighted by atomic mass is 10.1. The third-order valence-electron chi connectivity index (χ3n) is 3.90. The normalized spacial score (nSPS) is 11.8. The van der Waals surface area contributed by atoms with E-state index in [9.17, 15) is 13.2 Å². The Balaban J connectivity index is 0.00000225. The monoisotopic (exact) mass is 364 g/mol. The van der Waals surface area contributed by atoms with Crippen molar-refractivity contribution in [1.82, 2.24) is 4.98 Å². The molecule has 0 aliphatic rings. The van der Waals surface area contributed by atoms with Gasteiger partial charge in [-0.3, -0.25) is 9.10 Å². The Hall–Kier alpha value is -2.12. The van der Waals surface area contributed by atoms with Gasteiger partial charge in [-0.15, -0.1) is 0 Å². The Morgan fingerprint density at radius 2 is 1.83 bits per heavy atom. The van der Waals surface area contributed by atoms with Crippen LogP contribution in [0.2, 0.25) is 0 Å². The number of benzene rings is 2. The smallest absolute Gasteiger partial charge is 0.305 e. The van der Waals surface area contributed by atoms with Crippen LogP contribution in [-0.4, -0.2) is 19.9 Å². The van der Waals surface area contributed by atoms with Gasteiger partial charge >= 0.3 is 4.87 Å². The second-order valence-electron chi connectivity index (χ2n) is 5.36. The van der Waals surface area contributed by atoms with Crippen molar-refractivity contribution in [2.45, 2.75) is 25.2 Å². The second kappa shape index (κ2) is 6.41. The van der Waals surface area contributed by atoms with Crippen LogP contribution < -0.4 is 9.18 Å². The number of aryl methyl sites for hydroxylation is 1. The van der Waals surface area contributed by atoms with E-state index in [1.54, 1.807) is 19.1 Å². The van der Waals surface area contributed by atoms with Gasteiger partial charge in [-0.05, 0) is 49.2 Å². The summed E-state index contributed by atoms with van der Waals surface area (Å²) in [6.07, 6.45) is 0.905. The highest BCUT2D eigenvalue weighted by Crippen LogP contribution is 2.26. The van der Waals surface area contributed by atoms with Crippen LogP contribution in [0.4, 0.5) is 5.69 Å². The largest absolute Gasteiger partial charge is 0.312 e. The fourth-order valence-electron chi connectivity index (χ4n) is 2.60. The number of nitrogens with zero attached hydrogens (tertiary/aromatic N) is 1. The van der Waals surface area contributed by atoms with E-state index in [0.29, 0.717) is 22.4 Å². The third-order valence-corrected chi connectivity index (χ3v) is 6.64. The topological polar surface area (TPSA) is 70.2 Å². The van der Waals surface area contributed by atoms with Crippen molar-refractivity contribution in [2.75, 3.05) is 10.8 Å². The van der Waals surface area contributed by atoms with E-state index in [2.05, 4.69) is 11.9 Å². The minimum absolute atomic E-state index is 0.